The molecular formula is C19H17F3N6O2. The summed E-state index contributed by atoms with van der Waals surface area (Å²) in [5.74, 6) is -0.0913. The average molecular weight is 418 g/mol. The van der Waals surface area contributed by atoms with Crippen LogP contribution in [0.25, 0.3) is 11.6 Å². The molecule has 0 bridgehead atoms. The molecule has 1 aliphatic heterocycles. The summed E-state index contributed by atoms with van der Waals surface area (Å²) in [7, 11) is 1.67. The Morgan fingerprint density at radius 3 is 2.63 bits per heavy atom. The Morgan fingerprint density at radius 1 is 1.30 bits per heavy atom. The average Bonchev–Trinajstić information content (AvgIpc) is 3.40. The largest absolute Gasteiger partial charge is 0.418 e. The van der Waals surface area contributed by atoms with Gasteiger partial charge in [-0.2, -0.15) is 18.3 Å². The number of carbonyl (C=O) groups is 1. The lowest BCUT2D eigenvalue weighted by Gasteiger charge is -2.15. The van der Waals surface area contributed by atoms with Crippen LogP contribution in [0.5, 0.6) is 0 Å². The molecule has 30 heavy (non-hydrogen) atoms. The van der Waals surface area contributed by atoms with Crippen molar-refractivity contribution in [3.8, 4) is 11.6 Å². The molecule has 0 radical (unpaired) electrons. The summed E-state index contributed by atoms with van der Waals surface area (Å²) in [6.45, 7) is 4.19. The Kier molecular flexibility index (Phi) is 4.60. The topological polar surface area (TPSA) is 97.9 Å². The van der Waals surface area contributed by atoms with Gasteiger partial charge in [0.25, 0.3) is 5.89 Å². The minimum absolute atomic E-state index is 0.0703. The predicted molar refractivity (Wildman–Crippen MR) is 101 cm³/mol. The second-order valence-electron chi connectivity index (χ2n) is 6.86. The number of amides is 1. The summed E-state index contributed by atoms with van der Waals surface area (Å²) in [5.41, 5.74) is -0.661. The van der Waals surface area contributed by atoms with Crippen LogP contribution in [-0.2, 0) is 23.4 Å². The van der Waals surface area contributed by atoms with Gasteiger partial charge in [-0.05, 0) is 30.7 Å². The standard InChI is InChI=1S/C19H17F3N6O2/c1-3-18(8-9-23-16(18)29)17-26-25-15(30-17)14-13(10-28(2)27-14)24-12-6-4-11(5-7-12)19(20,21)22/h3-7,10,24H,1,8-9H2,2H3,(H,23,29). The van der Waals surface area contributed by atoms with Crippen LogP contribution in [0, 0.1) is 0 Å². The molecule has 11 heteroatoms. The summed E-state index contributed by atoms with van der Waals surface area (Å²) in [4.78, 5) is 12.3. The number of alkyl halides is 3. The molecule has 2 aromatic heterocycles. The predicted octanol–water partition coefficient (Wildman–Crippen LogP) is 3.18. The van der Waals surface area contributed by atoms with Crippen LogP contribution in [0.1, 0.15) is 17.9 Å². The summed E-state index contributed by atoms with van der Waals surface area (Å²) < 4.78 is 45.5. The van der Waals surface area contributed by atoms with Gasteiger partial charge in [0.1, 0.15) is 5.41 Å². The Labute approximate surface area is 168 Å². The van der Waals surface area contributed by atoms with Crippen molar-refractivity contribution in [2.24, 2.45) is 7.05 Å². The fourth-order valence-corrected chi connectivity index (χ4v) is 3.27. The van der Waals surface area contributed by atoms with E-state index in [0.717, 1.165) is 12.1 Å². The molecule has 2 N–H and O–H groups in total. The van der Waals surface area contributed by atoms with E-state index in [9.17, 15) is 18.0 Å². The molecule has 1 aromatic carbocycles. The van der Waals surface area contributed by atoms with Crippen molar-refractivity contribution in [1.29, 1.82) is 0 Å². The van der Waals surface area contributed by atoms with Gasteiger partial charge in [0.2, 0.25) is 11.8 Å². The number of nitrogens with one attached hydrogen (secondary N) is 2. The van der Waals surface area contributed by atoms with Gasteiger partial charge in [0.05, 0.1) is 11.3 Å². The molecule has 0 spiro atoms. The third-order valence-corrected chi connectivity index (χ3v) is 4.89. The van der Waals surface area contributed by atoms with E-state index in [-0.39, 0.29) is 17.7 Å². The zero-order valence-electron chi connectivity index (χ0n) is 15.8. The van der Waals surface area contributed by atoms with Gasteiger partial charge < -0.3 is 15.1 Å². The molecule has 8 nitrogen and oxygen atoms in total. The Hall–Kier alpha value is -3.63. The summed E-state index contributed by atoms with van der Waals surface area (Å²) in [6.07, 6.45) is -0.865. The van der Waals surface area contributed by atoms with E-state index in [1.807, 2.05) is 0 Å². The van der Waals surface area contributed by atoms with E-state index >= 15 is 0 Å². The third-order valence-electron chi connectivity index (χ3n) is 4.89. The SMILES string of the molecule is C=CC1(c2nnc(-c3nn(C)cc3Nc3ccc(C(F)(F)F)cc3)o2)CCNC1=O. The van der Waals surface area contributed by atoms with Crippen LogP contribution < -0.4 is 10.6 Å². The first kappa shape index (κ1) is 19.7. The van der Waals surface area contributed by atoms with Crippen molar-refractivity contribution >= 4 is 17.3 Å². The van der Waals surface area contributed by atoms with Crippen LogP contribution in [0.15, 0.2) is 47.5 Å². The molecule has 3 heterocycles. The highest BCUT2D eigenvalue weighted by Gasteiger charge is 2.46. The van der Waals surface area contributed by atoms with Crippen LogP contribution in [0.4, 0.5) is 24.5 Å². The number of hydrogen-bond acceptors (Lipinski definition) is 6. The smallest absolute Gasteiger partial charge is 0.416 e. The van der Waals surface area contributed by atoms with Crippen LogP contribution >= 0.6 is 0 Å². The van der Waals surface area contributed by atoms with E-state index in [2.05, 4.69) is 32.5 Å². The first-order valence-electron chi connectivity index (χ1n) is 8.97. The van der Waals surface area contributed by atoms with Gasteiger partial charge in [-0.3, -0.25) is 9.48 Å². The number of carbonyl (C=O) groups excluding carboxylic acids is 1. The second-order valence-corrected chi connectivity index (χ2v) is 6.86. The molecule has 1 amide bonds. The van der Waals surface area contributed by atoms with Crippen LogP contribution in [0.2, 0.25) is 0 Å². The van der Waals surface area contributed by atoms with Gasteiger partial charge in [0, 0.05) is 25.5 Å². The molecule has 1 atom stereocenters. The zero-order valence-corrected chi connectivity index (χ0v) is 15.8. The maximum absolute atomic E-state index is 12.8. The van der Waals surface area contributed by atoms with Crippen molar-refractivity contribution < 1.29 is 22.4 Å². The molecule has 3 aromatic rings. The van der Waals surface area contributed by atoms with Crippen molar-refractivity contribution in [2.45, 2.75) is 18.0 Å². The summed E-state index contributed by atoms with van der Waals surface area (Å²) >= 11 is 0. The minimum atomic E-state index is -4.41. The van der Waals surface area contributed by atoms with E-state index in [1.165, 1.54) is 22.9 Å². The number of hydrogen-bond donors (Lipinski definition) is 2. The molecule has 1 fully saturated rings. The molecule has 0 saturated carbocycles. The number of aryl methyl sites for hydroxylation is 1. The lowest BCUT2D eigenvalue weighted by Crippen LogP contribution is -2.33. The van der Waals surface area contributed by atoms with Crippen molar-refractivity contribution in [3.63, 3.8) is 0 Å². The third kappa shape index (κ3) is 3.31. The Balaban J connectivity index is 1.64. The van der Waals surface area contributed by atoms with E-state index in [0.29, 0.717) is 30.0 Å². The quantitative estimate of drug-likeness (QED) is 0.618. The van der Waals surface area contributed by atoms with Crippen molar-refractivity contribution in [2.75, 3.05) is 11.9 Å². The number of benzene rings is 1. The number of aromatic nitrogens is 4. The highest BCUT2D eigenvalue weighted by molar-refractivity contribution is 5.91. The van der Waals surface area contributed by atoms with E-state index < -0.39 is 17.2 Å². The van der Waals surface area contributed by atoms with E-state index in [4.69, 9.17) is 4.42 Å². The molecule has 0 aliphatic carbocycles. The second kappa shape index (κ2) is 7.01. The zero-order chi connectivity index (χ0) is 21.5. The number of halogens is 3. The summed E-state index contributed by atoms with van der Waals surface area (Å²) in [6, 6.07) is 4.59. The fourth-order valence-electron chi connectivity index (χ4n) is 3.27. The number of rotatable bonds is 5. The van der Waals surface area contributed by atoms with E-state index in [1.54, 1.807) is 13.2 Å². The van der Waals surface area contributed by atoms with Gasteiger partial charge in [-0.25, -0.2) is 0 Å². The fraction of sp³-hybridized carbons (Fsp3) is 0.263. The van der Waals surface area contributed by atoms with Crippen LogP contribution in [0.3, 0.4) is 0 Å². The number of nitrogens with zero attached hydrogens (tertiary/aromatic N) is 4. The minimum Gasteiger partial charge on any atom is -0.418 e. The highest BCUT2D eigenvalue weighted by atomic mass is 19.4. The monoisotopic (exact) mass is 418 g/mol. The maximum atomic E-state index is 12.8. The molecule has 1 aliphatic rings. The first-order valence-corrected chi connectivity index (χ1v) is 8.97. The van der Waals surface area contributed by atoms with Gasteiger partial charge in [0.15, 0.2) is 5.69 Å². The molecule has 4 rings (SSSR count). The molecule has 1 saturated heterocycles. The lowest BCUT2D eigenvalue weighted by atomic mass is 9.86. The Morgan fingerprint density at radius 2 is 2.03 bits per heavy atom. The normalized spacial score (nSPS) is 19.0. The highest BCUT2D eigenvalue weighted by Crippen LogP contribution is 2.36. The Bertz CT molecular complexity index is 1100. The molecule has 156 valence electrons. The van der Waals surface area contributed by atoms with Crippen molar-refractivity contribution in [1.82, 2.24) is 25.3 Å². The van der Waals surface area contributed by atoms with Gasteiger partial charge in [-0.1, -0.05) is 6.08 Å². The van der Waals surface area contributed by atoms with Crippen LogP contribution in [-0.4, -0.2) is 32.4 Å². The maximum Gasteiger partial charge on any atom is 0.416 e. The summed E-state index contributed by atoms with van der Waals surface area (Å²) in [5, 5.41) is 18.0. The van der Waals surface area contributed by atoms with Gasteiger partial charge in [-0.15, -0.1) is 16.8 Å². The van der Waals surface area contributed by atoms with Crippen molar-refractivity contribution in [3.05, 3.63) is 54.6 Å². The molecular weight excluding hydrogens is 401 g/mol. The molecule has 1 unspecified atom stereocenters. The first-order chi connectivity index (χ1) is 14.2. The lowest BCUT2D eigenvalue weighted by molar-refractivity contribution is -0.137. The van der Waals surface area contributed by atoms with Gasteiger partial charge >= 0.3 is 6.18 Å². The number of anilines is 2.